The summed E-state index contributed by atoms with van der Waals surface area (Å²) < 4.78 is 10.3. The highest BCUT2D eigenvalue weighted by molar-refractivity contribution is 5.94. The topological polar surface area (TPSA) is 120 Å². The predicted molar refractivity (Wildman–Crippen MR) is 103 cm³/mol. The monoisotopic (exact) mass is 387 g/mol. The molecule has 28 heavy (non-hydrogen) atoms. The molecular weight excluding hydrogens is 366 g/mol. The second-order valence-corrected chi connectivity index (χ2v) is 5.59. The number of nitrogens with one attached hydrogen (secondary N) is 2. The summed E-state index contributed by atoms with van der Waals surface area (Å²) in [4.78, 5) is 34.2. The predicted octanol–water partition coefficient (Wildman–Crippen LogP) is 2.98. The fourth-order valence-electron chi connectivity index (χ4n) is 2.34. The second kappa shape index (κ2) is 10.5. The van der Waals surface area contributed by atoms with Crippen LogP contribution in [-0.2, 0) is 14.3 Å². The zero-order valence-electron chi connectivity index (χ0n) is 15.3. The summed E-state index contributed by atoms with van der Waals surface area (Å²) in [6, 6.07) is 13.1. The Morgan fingerprint density at radius 2 is 1.75 bits per heavy atom. The van der Waals surface area contributed by atoms with Gasteiger partial charge in [0.25, 0.3) is 11.6 Å². The van der Waals surface area contributed by atoms with Crippen molar-refractivity contribution in [3.8, 4) is 5.75 Å². The lowest BCUT2D eigenvalue weighted by Crippen LogP contribution is -2.22. The molecule has 0 saturated heterocycles. The molecule has 2 aromatic carbocycles. The number of anilines is 2. The molecule has 0 aliphatic rings. The Morgan fingerprint density at radius 1 is 1.07 bits per heavy atom. The molecule has 2 rings (SSSR count). The van der Waals surface area contributed by atoms with Crippen molar-refractivity contribution in [2.75, 3.05) is 30.4 Å². The lowest BCUT2D eigenvalue weighted by molar-refractivity contribution is -0.384. The van der Waals surface area contributed by atoms with Gasteiger partial charge in [-0.15, -0.1) is 0 Å². The number of para-hydroxylation sites is 4. The van der Waals surface area contributed by atoms with Gasteiger partial charge < -0.3 is 20.1 Å². The quantitative estimate of drug-likeness (QED) is 0.365. The van der Waals surface area contributed by atoms with Crippen molar-refractivity contribution in [3.63, 3.8) is 0 Å². The van der Waals surface area contributed by atoms with Gasteiger partial charge in [-0.1, -0.05) is 24.3 Å². The van der Waals surface area contributed by atoms with Crippen molar-refractivity contribution in [1.29, 1.82) is 0 Å². The maximum atomic E-state index is 12.0. The van der Waals surface area contributed by atoms with E-state index in [0.29, 0.717) is 23.7 Å². The van der Waals surface area contributed by atoms with Crippen LogP contribution in [0.4, 0.5) is 17.1 Å². The molecule has 0 aromatic heterocycles. The first-order chi connectivity index (χ1) is 13.5. The Bertz CT molecular complexity index is 840. The third kappa shape index (κ3) is 6.27. The molecule has 0 spiro atoms. The standard InChI is InChI=1S/C19H21N3O6/c1-2-27-17-10-6-4-8-15(17)21-18(23)13-28-19(24)11-12-20-14-7-3-5-9-16(14)22(25)26/h3-10,20H,2,11-13H2,1H3,(H,21,23). The number of benzene rings is 2. The highest BCUT2D eigenvalue weighted by Crippen LogP contribution is 2.24. The van der Waals surface area contributed by atoms with E-state index in [2.05, 4.69) is 10.6 Å². The molecular formula is C19H21N3O6. The van der Waals surface area contributed by atoms with Gasteiger partial charge in [0.2, 0.25) is 0 Å². The Morgan fingerprint density at radius 3 is 2.46 bits per heavy atom. The van der Waals surface area contributed by atoms with Crippen LogP contribution in [0.3, 0.4) is 0 Å². The number of hydrogen-bond acceptors (Lipinski definition) is 7. The average Bonchev–Trinajstić information content (AvgIpc) is 2.68. The Labute approximate surface area is 161 Å². The number of carbonyl (C=O) groups excluding carboxylic acids is 2. The van der Waals surface area contributed by atoms with Crippen LogP contribution < -0.4 is 15.4 Å². The van der Waals surface area contributed by atoms with E-state index in [4.69, 9.17) is 9.47 Å². The summed E-state index contributed by atoms with van der Waals surface area (Å²) in [6.45, 7) is 1.98. The lowest BCUT2D eigenvalue weighted by Gasteiger charge is -2.11. The van der Waals surface area contributed by atoms with E-state index in [1.165, 1.54) is 6.07 Å². The van der Waals surface area contributed by atoms with Crippen LogP contribution in [0, 0.1) is 10.1 Å². The van der Waals surface area contributed by atoms with Gasteiger partial charge in [-0.05, 0) is 25.1 Å². The van der Waals surface area contributed by atoms with E-state index in [0.717, 1.165) is 0 Å². The molecule has 2 N–H and O–H groups in total. The van der Waals surface area contributed by atoms with Crippen LogP contribution in [0.15, 0.2) is 48.5 Å². The van der Waals surface area contributed by atoms with Gasteiger partial charge in [-0.25, -0.2) is 0 Å². The van der Waals surface area contributed by atoms with E-state index in [1.54, 1.807) is 42.5 Å². The first-order valence-corrected chi connectivity index (χ1v) is 8.66. The van der Waals surface area contributed by atoms with Gasteiger partial charge in [0.05, 0.1) is 23.6 Å². The van der Waals surface area contributed by atoms with Crippen molar-refractivity contribution >= 4 is 28.9 Å². The molecule has 0 bridgehead atoms. The maximum Gasteiger partial charge on any atom is 0.308 e. The number of nitro benzene ring substituents is 1. The lowest BCUT2D eigenvalue weighted by atomic mass is 10.2. The third-order valence-electron chi connectivity index (χ3n) is 3.57. The number of nitrogens with zero attached hydrogens (tertiary/aromatic N) is 1. The minimum atomic E-state index is -0.598. The molecule has 0 aliphatic heterocycles. The van der Waals surface area contributed by atoms with E-state index in [1.807, 2.05) is 6.92 Å². The van der Waals surface area contributed by atoms with Crippen LogP contribution in [-0.4, -0.2) is 36.6 Å². The maximum absolute atomic E-state index is 12.0. The zero-order chi connectivity index (χ0) is 20.4. The van der Waals surface area contributed by atoms with E-state index < -0.39 is 23.4 Å². The molecule has 9 nitrogen and oxygen atoms in total. The van der Waals surface area contributed by atoms with Crippen LogP contribution in [0.1, 0.15) is 13.3 Å². The largest absolute Gasteiger partial charge is 0.492 e. The molecule has 0 unspecified atom stereocenters. The van der Waals surface area contributed by atoms with Crippen LogP contribution in [0.2, 0.25) is 0 Å². The number of ether oxygens (including phenoxy) is 2. The number of hydrogen-bond donors (Lipinski definition) is 2. The highest BCUT2D eigenvalue weighted by atomic mass is 16.6. The molecule has 2 aromatic rings. The van der Waals surface area contributed by atoms with Crippen LogP contribution in [0.25, 0.3) is 0 Å². The highest BCUT2D eigenvalue weighted by Gasteiger charge is 2.13. The fourth-order valence-corrected chi connectivity index (χ4v) is 2.34. The van der Waals surface area contributed by atoms with Gasteiger partial charge in [-0.2, -0.15) is 0 Å². The van der Waals surface area contributed by atoms with Gasteiger partial charge in [0, 0.05) is 12.6 Å². The SMILES string of the molecule is CCOc1ccccc1NC(=O)COC(=O)CCNc1ccccc1[N+](=O)[O-]. The normalized spacial score (nSPS) is 10.0. The molecule has 9 heteroatoms. The van der Waals surface area contributed by atoms with Crippen molar-refractivity contribution in [2.24, 2.45) is 0 Å². The van der Waals surface area contributed by atoms with Crippen molar-refractivity contribution in [1.82, 2.24) is 0 Å². The van der Waals surface area contributed by atoms with Crippen LogP contribution >= 0.6 is 0 Å². The summed E-state index contributed by atoms with van der Waals surface area (Å²) in [7, 11) is 0. The molecule has 0 saturated carbocycles. The number of carbonyl (C=O) groups is 2. The van der Waals surface area contributed by atoms with E-state index >= 15 is 0 Å². The Kier molecular flexibility index (Phi) is 7.77. The van der Waals surface area contributed by atoms with Gasteiger partial charge in [-0.3, -0.25) is 19.7 Å². The zero-order valence-corrected chi connectivity index (χ0v) is 15.3. The summed E-state index contributed by atoms with van der Waals surface area (Å²) in [5.41, 5.74) is 0.720. The number of esters is 1. The minimum absolute atomic E-state index is 0.0468. The molecule has 0 aliphatic carbocycles. The van der Waals surface area contributed by atoms with Gasteiger partial charge >= 0.3 is 5.97 Å². The first-order valence-electron chi connectivity index (χ1n) is 8.66. The van der Waals surface area contributed by atoms with Crippen molar-refractivity contribution in [3.05, 3.63) is 58.6 Å². The molecule has 148 valence electrons. The van der Waals surface area contributed by atoms with Crippen molar-refractivity contribution in [2.45, 2.75) is 13.3 Å². The van der Waals surface area contributed by atoms with Gasteiger partial charge in [0.1, 0.15) is 11.4 Å². The fraction of sp³-hybridized carbons (Fsp3) is 0.263. The van der Waals surface area contributed by atoms with Crippen LogP contribution in [0.5, 0.6) is 5.75 Å². The summed E-state index contributed by atoms with van der Waals surface area (Å²) in [5.74, 6) is -0.565. The first kappa shape index (κ1) is 20.7. The van der Waals surface area contributed by atoms with E-state index in [-0.39, 0.29) is 18.7 Å². The molecule has 1 amide bonds. The average molecular weight is 387 g/mol. The van der Waals surface area contributed by atoms with Crippen molar-refractivity contribution < 1.29 is 24.0 Å². The molecule has 0 radical (unpaired) electrons. The Balaban J connectivity index is 1.76. The second-order valence-electron chi connectivity index (χ2n) is 5.59. The van der Waals surface area contributed by atoms with E-state index in [9.17, 15) is 19.7 Å². The summed E-state index contributed by atoms with van der Waals surface area (Å²) in [6.07, 6.45) is -0.0468. The molecule has 0 fully saturated rings. The molecule has 0 heterocycles. The number of amides is 1. The number of nitro groups is 1. The minimum Gasteiger partial charge on any atom is -0.492 e. The summed E-state index contributed by atoms with van der Waals surface area (Å²) in [5, 5.41) is 16.4. The third-order valence-corrected chi connectivity index (χ3v) is 3.57. The smallest absolute Gasteiger partial charge is 0.308 e. The Hall–Kier alpha value is -3.62. The van der Waals surface area contributed by atoms with Gasteiger partial charge in [0.15, 0.2) is 6.61 Å². The number of rotatable bonds is 10. The summed E-state index contributed by atoms with van der Waals surface area (Å²) >= 11 is 0. The molecule has 0 atom stereocenters.